The number of likely N-dealkylation sites (tertiary alicyclic amines) is 1. The predicted molar refractivity (Wildman–Crippen MR) is 131 cm³/mol. The first-order chi connectivity index (χ1) is 16.8. The van der Waals surface area contributed by atoms with Gasteiger partial charge in [-0.2, -0.15) is 0 Å². The molecular weight excluding hydrogens is 469 g/mol. The maximum Gasteiger partial charge on any atom is 0.295 e. The first-order valence-electron chi connectivity index (χ1n) is 10.8. The Kier molecular flexibility index (Phi) is 5.75. The van der Waals surface area contributed by atoms with Crippen molar-refractivity contribution < 1.29 is 24.2 Å². The number of fused-ring (bicyclic) bond motifs is 1. The van der Waals surface area contributed by atoms with Crippen LogP contribution in [0.25, 0.3) is 16.5 Å². The summed E-state index contributed by atoms with van der Waals surface area (Å²) < 4.78 is 13.4. The minimum absolute atomic E-state index is 0.000330. The van der Waals surface area contributed by atoms with Gasteiger partial charge in [0.1, 0.15) is 17.3 Å². The third kappa shape index (κ3) is 4.02. The lowest BCUT2D eigenvalue weighted by atomic mass is 9.93. The second-order valence-electron chi connectivity index (χ2n) is 8.29. The molecule has 4 aromatic carbocycles. The molecule has 4 aromatic rings. The number of carbonyl (C=O) groups is 2. The highest BCUT2D eigenvalue weighted by Gasteiger charge is 2.46. The van der Waals surface area contributed by atoms with Gasteiger partial charge >= 0.3 is 0 Å². The van der Waals surface area contributed by atoms with E-state index in [2.05, 4.69) is 0 Å². The SMILES string of the molecule is O=C1C(=O)N(Cc2ccc(F)cc2)C(c2ccc(O)c(Cl)c2)/C1=C(/O)c1cccc2ccccc12. The van der Waals surface area contributed by atoms with E-state index in [0.717, 1.165) is 10.8 Å². The van der Waals surface area contributed by atoms with Gasteiger partial charge in [-0.3, -0.25) is 9.59 Å². The molecule has 35 heavy (non-hydrogen) atoms. The number of aromatic hydroxyl groups is 1. The molecule has 1 heterocycles. The number of ketones is 1. The summed E-state index contributed by atoms with van der Waals surface area (Å²) in [6.45, 7) is 0.000330. The molecule has 0 aromatic heterocycles. The smallest absolute Gasteiger partial charge is 0.295 e. The number of amides is 1. The number of hydrogen-bond acceptors (Lipinski definition) is 4. The second kappa shape index (κ2) is 8.89. The fourth-order valence-corrected chi connectivity index (χ4v) is 4.64. The van der Waals surface area contributed by atoms with Crippen molar-refractivity contribution >= 4 is 39.8 Å². The summed E-state index contributed by atoms with van der Waals surface area (Å²) in [5, 5.41) is 23.0. The Labute approximate surface area is 205 Å². The van der Waals surface area contributed by atoms with Gasteiger partial charge in [0.15, 0.2) is 0 Å². The number of halogens is 2. The number of rotatable bonds is 4. The van der Waals surface area contributed by atoms with Crippen molar-refractivity contribution in [2.45, 2.75) is 12.6 Å². The molecule has 5 rings (SSSR count). The number of carbonyl (C=O) groups excluding carboxylic acids is 2. The molecule has 5 nitrogen and oxygen atoms in total. The summed E-state index contributed by atoms with van der Waals surface area (Å²) in [6, 6.07) is 21.7. The third-order valence-corrected chi connectivity index (χ3v) is 6.44. The molecule has 0 bridgehead atoms. The van der Waals surface area contributed by atoms with E-state index >= 15 is 0 Å². The standard InChI is InChI=1S/C28H19ClFNO4/c29-22-14-18(10-13-23(22)32)25-24(26(33)21-7-3-5-17-4-1-2-6-20(17)21)27(34)28(35)31(25)15-16-8-11-19(30)12-9-16/h1-14,25,32-33H,15H2/b26-24-. The Morgan fingerprint density at radius 2 is 1.66 bits per heavy atom. The van der Waals surface area contributed by atoms with Gasteiger partial charge in [-0.05, 0) is 46.2 Å². The summed E-state index contributed by atoms with van der Waals surface area (Å²) in [7, 11) is 0. The average molecular weight is 488 g/mol. The van der Waals surface area contributed by atoms with Crippen molar-refractivity contribution in [2.75, 3.05) is 0 Å². The molecule has 2 N–H and O–H groups in total. The molecule has 0 radical (unpaired) electrons. The lowest BCUT2D eigenvalue weighted by Crippen LogP contribution is -2.29. The van der Waals surface area contributed by atoms with E-state index in [1.54, 1.807) is 18.2 Å². The van der Waals surface area contributed by atoms with Crippen LogP contribution in [0.4, 0.5) is 4.39 Å². The Morgan fingerprint density at radius 3 is 2.40 bits per heavy atom. The summed E-state index contributed by atoms with van der Waals surface area (Å²) in [5.41, 5.74) is 1.37. The fraction of sp³-hybridized carbons (Fsp3) is 0.0714. The van der Waals surface area contributed by atoms with Crippen molar-refractivity contribution in [1.29, 1.82) is 0 Å². The van der Waals surface area contributed by atoms with Crippen molar-refractivity contribution in [3.8, 4) is 5.75 Å². The van der Waals surface area contributed by atoms with Crippen molar-refractivity contribution in [3.63, 3.8) is 0 Å². The topological polar surface area (TPSA) is 77.8 Å². The fourth-order valence-electron chi connectivity index (χ4n) is 4.45. The highest BCUT2D eigenvalue weighted by atomic mass is 35.5. The molecule has 1 fully saturated rings. The van der Waals surface area contributed by atoms with Gasteiger partial charge in [0.2, 0.25) is 0 Å². The predicted octanol–water partition coefficient (Wildman–Crippen LogP) is 5.96. The van der Waals surface area contributed by atoms with Gasteiger partial charge in [-0.15, -0.1) is 0 Å². The van der Waals surface area contributed by atoms with Crippen molar-refractivity contribution in [3.05, 3.63) is 118 Å². The molecule has 1 atom stereocenters. The molecule has 1 saturated heterocycles. The summed E-state index contributed by atoms with van der Waals surface area (Å²) in [6.07, 6.45) is 0. The van der Waals surface area contributed by atoms with Gasteiger partial charge in [0.25, 0.3) is 11.7 Å². The van der Waals surface area contributed by atoms with Crippen LogP contribution in [0.1, 0.15) is 22.7 Å². The number of benzene rings is 4. The number of phenolic OH excluding ortho intramolecular Hbond substituents is 1. The molecule has 1 aliphatic rings. The zero-order chi connectivity index (χ0) is 24.7. The van der Waals surface area contributed by atoms with Gasteiger partial charge in [0, 0.05) is 12.1 Å². The second-order valence-corrected chi connectivity index (χ2v) is 8.70. The van der Waals surface area contributed by atoms with E-state index in [9.17, 15) is 24.2 Å². The van der Waals surface area contributed by atoms with Crippen LogP contribution in [0.3, 0.4) is 0 Å². The van der Waals surface area contributed by atoms with E-state index in [1.807, 2.05) is 30.3 Å². The van der Waals surface area contributed by atoms with E-state index in [-0.39, 0.29) is 28.6 Å². The van der Waals surface area contributed by atoms with E-state index in [1.165, 1.54) is 41.3 Å². The van der Waals surface area contributed by atoms with Crippen molar-refractivity contribution in [1.82, 2.24) is 4.90 Å². The molecule has 1 unspecified atom stereocenters. The number of hydrogen-bond donors (Lipinski definition) is 2. The van der Waals surface area contributed by atoms with Crippen LogP contribution in [0, 0.1) is 5.82 Å². The van der Waals surface area contributed by atoms with E-state index in [4.69, 9.17) is 11.6 Å². The van der Waals surface area contributed by atoms with Crippen LogP contribution in [0.2, 0.25) is 5.02 Å². The monoisotopic (exact) mass is 487 g/mol. The highest BCUT2D eigenvalue weighted by Crippen LogP contribution is 2.42. The maximum absolute atomic E-state index is 13.4. The quantitative estimate of drug-likeness (QED) is 0.211. The summed E-state index contributed by atoms with van der Waals surface area (Å²) >= 11 is 6.15. The first kappa shape index (κ1) is 22.6. The lowest BCUT2D eigenvalue weighted by molar-refractivity contribution is -0.140. The van der Waals surface area contributed by atoms with Crippen LogP contribution in [-0.4, -0.2) is 26.8 Å². The summed E-state index contributed by atoms with van der Waals surface area (Å²) in [5.74, 6) is -2.53. The minimum Gasteiger partial charge on any atom is -0.507 e. The van der Waals surface area contributed by atoms with Crippen LogP contribution in [0.5, 0.6) is 5.75 Å². The molecule has 1 amide bonds. The molecule has 174 valence electrons. The number of phenols is 1. The maximum atomic E-state index is 13.4. The molecule has 0 spiro atoms. The Balaban J connectivity index is 1.71. The molecular formula is C28H19ClFNO4. The zero-order valence-corrected chi connectivity index (χ0v) is 19.0. The number of aliphatic hydroxyl groups excluding tert-OH is 1. The Morgan fingerprint density at radius 1 is 0.943 bits per heavy atom. The minimum atomic E-state index is -0.975. The molecule has 7 heteroatoms. The number of aliphatic hydroxyl groups is 1. The average Bonchev–Trinajstić information content (AvgIpc) is 3.11. The first-order valence-corrected chi connectivity index (χ1v) is 11.2. The summed E-state index contributed by atoms with van der Waals surface area (Å²) in [4.78, 5) is 27.8. The van der Waals surface area contributed by atoms with Crippen LogP contribution >= 0.6 is 11.6 Å². The Hall–Kier alpha value is -4.16. The van der Waals surface area contributed by atoms with Crippen LogP contribution < -0.4 is 0 Å². The number of nitrogens with zero attached hydrogens (tertiary/aromatic N) is 1. The van der Waals surface area contributed by atoms with Crippen molar-refractivity contribution in [2.24, 2.45) is 0 Å². The number of Topliss-reactive ketones (excluding diaryl/α,β-unsaturated/α-hetero) is 1. The lowest BCUT2D eigenvalue weighted by Gasteiger charge is -2.26. The van der Waals surface area contributed by atoms with E-state index < -0.39 is 23.5 Å². The van der Waals surface area contributed by atoms with Crippen LogP contribution in [-0.2, 0) is 16.1 Å². The van der Waals surface area contributed by atoms with Gasteiger partial charge in [-0.1, -0.05) is 72.3 Å². The van der Waals surface area contributed by atoms with Gasteiger partial charge in [-0.25, -0.2) is 4.39 Å². The highest BCUT2D eigenvalue weighted by molar-refractivity contribution is 6.46. The molecule has 0 aliphatic carbocycles. The normalized spacial score (nSPS) is 17.3. The zero-order valence-electron chi connectivity index (χ0n) is 18.3. The van der Waals surface area contributed by atoms with Gasteiger partial charge < -0.3 is 15.1 Å². The molecule has 1 aliphatic heterocycles. The van der Waals surface area contributed by atoms with Gasteiger partial charge in [0.05, 0.1) is 16.6 Å². The largest absolute Gasteiger partial charge is 0.507 e. The Bertz CT molecular complexity index is 1510. The van der Waals surface area contributed by atoms with E-state index in [0.29, 0.717) is 16.7 Å². The molecule has 0 saturated carbocycles. The van der Waals surface area contributed by atoms with Crippen LogP contribution in [0.15, 0.2) is 90.5 Å². The third-order valence-electron chi connectivity index (χ3n) is 6.14.